The van der Waals surface area contributed by atoms with Gasteiger partial charge >= 0.3 is 0 Å². The number of ether oxygens (including phenoxy) is 1. The van der Waals surface area contributed by atoms with Crippen molar-refractivity contribution in [3.05, 3.63) is 83.7 Å². The molecule has 1 saturated heterocycles. The Labute approximate surface area is 189 Å². The number of aliphatic imine (C=N–C) groups is 1. The Morgan fingerprint density at radius 2 is 1.88 bits per heavy atom. The van der Waals surface area contributed by atoms with Crippen LogP contribution >= 0.6 is 11.6 Å². The predicted molar refractivity (Wildman–Crippen MR) is 125 cm³/mol. The first-order chi connectivity index (χ1) is 15.4. The fourth-order valence-corrected chi connectivity index (χ4v) is 2.91. The van der Waals surface area contributed by atoms with Gasteiger partial charge in [0.15, 0.2) is 0 Å². The molecule has 9 nitrogen and oxygen atoms in total. The van der Waals surface area contributed by atoms with E-state index < -0.39 is 11.8 Å². The van der Waals surface area contributed by atoms with E-state index in [1.54, 1.807) is 53.4 Å². The molecule has 0 atom stereocenters. The highest BCUT2D eigenvalue weighted by molar-refractivity contribution is 6.31. The van der Waals surface area contributed by atoms with Crippen LogP contribution in [0.3, 0.4) is 0 Å². The molecule has 0 aromatic heterocycles. The molecule has 32 heavy (non-hydrogen) atoms. The minimum Gasteiger partial charge on any atom is -0.463 e. The van der Waals surface area contributed by atoms with Crippen LogP contribution in [-0.2, 0) is 9.53 Å². The molecule has 2 aromatic rings. The number of carbonyl (C=O) groups is 2. The minimum absolute atomic E-state index is 0.0524. The molecule has 0 saturated carbocycles. The van der Waals surface area contributed by atoms with Crippen molar-refractivity contribution in [2.45, 2.75) is 0 Å². The SMILES string of the molecule is C=C(C(=O)Nc1ccc(N2CCOC2=N)cc1)C(=N/C=C\N)NC(=O)c1ccc(Cl)cc1. The van der Waals surface area contributed by atoms with E-state index in [2.05, 4.69) is 22.2 Å². The molecule has 0 spiro atoms. The topological polar surface area (TPSA) is 133 Å². The van der Waals surface area contributed by atoms with Crippen molar-refractivity contribution in [2.75, 3.05) is 23.4 Å². The third-order valence-electron chi connectivity index (χ3n) is 4.42. The Hall–Kier alpha value is -4.11. The van der Waals surface area contributed by atoms with Crippen LogP contribution in [0.5, 0.6) is 0 Å². The van der Waals surface area contributed by atoms with E-state index in [1.807, 2.05) is 0 Å². The third-order valence-corrected chi connectivity index (χ3v) is 4.68. The largest absolute Gasteiger partial charge is 0.463 e. The highest BCUT2D eigenvalue weighted by Gasteiger charge is 2.21. The summed E-state index contributed by atoms with van der Waals surface area (Å²) in [5.41, 5.74) is 6.88. The third kappa shape index (κ3) is 5.52. The number of amidine groups is 2. The van der Waals surface area contributed by atoms with Gasteiger partial charge in [-0.2, -0.15) is 0 Å². The standard InChI is InChI=1S/C22H21ClN6O3/c1-14(19(26-11-10-24)28-21(31)15-2-4-16(23)5-3-15)20(30)27-17-6-8-18(9-7-17)29-12-13-32-22(29)25/h2-11,25H,1,12-13,24H2,(H,27,30)(H,26,28,31)/b11-10-,25-22?. The summed E-state index contributed by atoms with van der Waals surface area (Å²) in [6.07, 6.45) is 2.40. The van der Waals surface area contributed by atoms with Gasteiger partial charge < -0.3 is 21.1 Å². The van der Waals surface area contributed by atoms with Crippen LogP contribution in [0.15, 0.2) is 78.1 Å². The Morgan fingerprint density at radius 3 is 2.47 bits per heavy atom. The van der Waals surface area contributed by atoms with Gasteiger partial charge in [-0.15, -0.1) is 0 Å². The van der Waals surface area contributed by atoms with E-state index >= 15 is 0 Å². The van der Waals surface area contributed by atoms with Crippen LogP contribution in [0.1, 0.15) is 10.4 Å². The molecule has 164 valence electrons. The van der Waals surface area contributed by atoms with Crippen LogP contribution < -0.4 is 21.3 Å². The van der Waals surface area contributed by atoms with Crippen LogP contribution in [0.2, 0.25) is 5.02 Å². The molecule has 5 N–H and O–H groups in total. The maximum absolute atomic E-state index is 12.7. The zero-order valence-corrected chi connectivity index (χ0v) is 17.7. The molecule has 3 rings (SSSR count). The van der Waals surface area contributed by atoms with Crippen LogP contribution in [-0.4, -0.2) is 36.8 Å². The molecule has 0 radical (unpaired) electrons. The molecule has 1 aliphatic rings. The number of rotatable bonds is 6. The maximum Gasteiger partial charge on any atom is 0.289 e. The lowest BCUT2D eigenvalue weighted by molar-refractivity contribution is -0.112. The van der Waals surface area contributed by atoms with Crippen molar-refractivity contribution in [2.24, 2.45) is 10.7 Å². The monoisotopic (exact) mass is 452 g/mol. The predicted octanol–water partition coefficient (Wildman–Crippen LogP) is 2.86. The molecule has 1 aliphatic heterocycles. The number of amides is 2. The van der Waals surface area contributed by atoms with Gasteiger partial charge in [-0.05, 0) is 48.5 Å². The average molecular weight is 453 g/mol. The van der Waals surface area contributed by atoms with Crippen molar-refractivity contribution in [3.63, 3.8) is 0 Å². The molecule has 1 fully saturated rings. The summed E-state index contributed by atoms with van der Waals surface area (Å²) in [4.78, 5) is 30.9. The average Bonchev–Trinajstić information content (AvgIpc) is 3.22. The first kappa shape index (κ1) is 22.6. The van der Waals surface area contributed by atoms with Crippen molar-refractivity contribution in [1.29, 1.82) is 5.41 Å². The van der Waals surface area contributed by atoms with Gasteiger partial charge in [0.2, 0.25) is 0 Å². The normalized spacial score (nSPS) is 13.7. The van der Waals surface area contributed by atoms with Gasteiger partial charge in [0.25, 0.3) is 17.8 Å². The summed E-state index contributed by atoms with van der Waals surface area (Å²) in [5.74, 6) is -1.10. The quantitative estimate of drug-likeness (QED) is 0.304. The van der Waals surface area contributed by atoms with Gasteiger partial charge in [-0.25, -0.2) is 4.99 Å². The second kappa shape index (κ2) is 10.3. The second-order valence-electron chi connectivity index (χ2n) is 6.57. The Kier molecular flexibility index (Phi) is 7.25. The first-order valence-corrected chi connectivity index (χ1v) is 9.88. The van der Waals surface area contributed by atoms with E-state index in [0.717, 1.165) is 11.9 Å². The van der Waals surface area contributed by atoms with Gasteiger partial charge in [-0.1, -0.05) is 18.2 Å². The van der Waals surface area contributed by atoms with Gasteiger partial charge in [-0.3, -0.25) is 19.9 Å². The van der Waals surface area contributed by atoms with Crippen LogP contribution in [0.25, 0.3) is 0 Å². The zero-order chi connectivity index (χ0) is 23.1. The van der Waals surface area contributed by atoms with E-state index in [4.69, 9.17) is 27.5 Å². The molecule has 2 amide bonds. The van der Waals surface area contributed by atoms with E-state index in [1.165, 1.54) is 6.20 Å². The van der Waals surface area contributed by atoms with Crippen LogP contribution in [0, 0.1) is 5.41 Å². The van der Waals surface area contributed by atoms with Crippen molar-refractivity contribution in [3.8, 4) is 0 Å². The van der Waals surface area contributed by atoms with Gasteiger partial charge in [0.05, 0.1) is 12.1 Å². The fraction of sp³-hybridized carbons (Fsp3) is 0.0909. The number of nitrogens with zero attached hydrogens (tertiary/aromatic N) is 2. The smallest absolute Gasteiger partial charge is 0.289 e. The number of hydrogen-bond donors (Lipinski definition) is 4. The highest BCUT2D eigenvalue weighted by Crippen LogP contribution is 2.21. The van der Waals surface area contributed by atoms with Crippen LogP contribution in [0.4, 0.5) is 11.4 Å². The van der Waals surface area contributed by atoms with Crippen molar-refractivity contribution in [1.82, 2.24) is 5.32 Å². The van der Waals surface area contributed by atoms with Gasteiger partial charge in [0.1, 0.15) is 12.4 Å². The number of halogens is 1. The molecular weight excluding hydrogens is 432 g/mol. The highest BCUT2D eigenvalue weighted by atomic mass is 35.5. The number of benzene rings is 2. The second-order valence-corrected chi connectivity index (χ2v) is 7.00. The van der Waals surface area contributed by atoms with Gasteiger partial charge in [0, 0.05) is 34.4 Å². The summed E-state index contributed by atoms with van der Waals surface area (Å²) in [7, 11) is 0. The summed E-state index contributed by atoms with van der Waals surface area (Å²) in [6, 6.07) is 13.2. The Bertz CT molecular complexity index is 1090. The molecule has 1 heterocycles. The number of carbonyl (C=O) groups excluding carboxylic acids is 2. The molecule has 0 aliphatic carbocycles. The molecule has 10 heteroatoms. The first-order valence-electron chi connectivity index (χ1n) is 9.50. The lowest BCUT2D eigenvalue weighted by atomic mass is 10.2. The number of anilines is 2. The van der Waals surface area contributed by atoms with Crippen molar-refractivity contribution < 1.29 is 14.3 Å². The Morgan fingerprint density at radius 1 is 1.19 bits per heavy atom. The van der Waals surface area contributed by atoms with E-state index in [0.29, 0.717) is 29.4 Å². The fourth-order valence-electron chi connectivity index (χ4n) is 2.78. The molecular formula is C22H21ClN6O3. The van der Waals surface area contributed by atoms with E-state index in [-0.39, 0.29) is 17.4 Å². The Balaban J connectivity index is 1.69. The summed E-state index contributed by atoms with van der Waals surface area (Å²) < 4.78 is 5.13. The molecule has 2 aromatic carbocycles. The maximum atomic E-state index is 12.7. The number of nitrogens with two attached hydrogens (primary N) is 1. The summed E-state index contributed by atoms with van der Waals surface area (Å²) in [5, 5.41) is 13.5. The zero-order valence-electron chi connectivity index (χ0n) is 17.0. The molecule has 0 bridgehead atoms. The lowest BCUT2D eigenvalue weighted by Gasteiger charge is -2.15. The number of hydrogen-bond acceptors (Lipinski definition) is 6. The summed E-state index contributed by atoms with van der Waals surface area (Å²) in [6.45, 7) is 4.79. The van der Waals surface area contributed by atoms with Crippen molar-refractivity contribution >= 4 is 46.6 Å². The van der Waals surface area contributed by atoms with E-state index in [9.17, 15) is 9.59 Å². The number of nitrogens with one attached hydrogen (secondary N) is 3. The lowest BCUT2D eigenvalue weighted by Crippen LogP contribution is -2.35. The molecule has 0 unspecified atom stereocenters. The summed E-state index contributed by atoms with van der Waals surface area (Å²) >= 11 is 5.85. The minimum atomic E-state index is -0.560.